The SMILES string of the molecule is CC(C)N(Cc1ccccc1)c1nccc(/C(C#N)=C2/Nc3ccccc3O2)n1. The first kappa shape index (κ1) is 18.5. The Bertz CT molecular complexity index is 1060. The maximum Gasteiger partial charge on any atom is 0.226 e. The highest BCUT2D eigenvalue weighted by Crippen LogP contribution is 2.35. The minimum Gasteiger partial charge on any atom is -0.437 e. The van der Waals surface area contributed by atoms with E-state index in [1.165, 1.54) is 5.56 Å². The number of benzene rings is 2. The Hall–Kier alpha value is -3.85. The molecule has 0 radical (unpaired) electrons. The van der Waals surface area contributed by atoms with E-state index >= 15 is 0 Å². The summed E-state index contributed by atoms with van der Waals surface area (Å²) in [5, 5.41) is 12.9. The van der Waals surface area contributed by atoms with Crippen molar-refractivity contribution < 1.29 is 4.74 Å². The number of allylic oxidation sites excluding steroid dienone is 1. The summed E-state index contributed by atoms with van der Waals surface area (Å²) >= 11 is 0. The second-order valence-electron chi connectivity index (χ2n) is 6.99. The molecular formula is C23H21N5O. The van der Waals surface area contributed by atoms with Gasteiger partial charge in [0.1, 0.15) is 11.6 Å². The third-order valence-electron chi connectivity index (χ3n) is 4.66. The van der Waals surface area contributed by atoms with E-state index in [0.29, 0.717) is 35.4 Å². The van der Waals surface area contributed by atoms with Gasteiger partial charge >= 0.3 is 0 Å². The molecule has 1 aromatic heterocycles. The lowest BCUT2D eigenvalue weighted by Crippen LogP contribution is -2.32. The Labute approximate surface area is 170 Å². The number of nitrogens with zero attached hydrogens (tertiary/aromatic N) is 4. The first-order chi connectivity index (χ1) is 14.2. The number of rotatable bonds is 5. The summed E-state index contributed by atoms with van der Waals surface area (Å²) in [6.45, 7) is 4.88. The Morgan fingerprint density at radius 3 is 2.59 bits per heavy atom. The lowest BCUT2D eigenvalue weighted by molar-refractivity contribution is 0.460. The molecule has 0 bridgehead atoms. The highest BCUT2D eigenvalue weighted by molar-refractivity contribution is 5.81. The van der Waals surface area contributed by atoms with Crippen molar-refractivity contribution in [2.45, 2.75) is 26.4 Å². The number of fused-ring (bicyclic) bond motifs is 1. The average molecular weight is 383 g/mol. The van der Waals surface area contributed by atoms with Crippen molar-refractivity contribution in [1.82, 2.24) is 9.97 Å². The molecule has 0 saturated heterocycles. The van der Waals surface area contributed by atoms with E-state index in [1.54, 1.807) is 12.3 Å². The van der Waals surface area contributed by atoms with Crippen LogP contribution in [0.3, 0.4) is 0 Å². The van der Waals surface area contributed by atoms with Crippen molar-refractivity contribution in [2.24, 2.45) is 0 Å². The van der Waals surface area contributed by atoms with E-state index < -0.39 is 0 Å². The summed E-state index contributed by atoms with van der Waals surface area (Å²) in [5.41, 5.74) is 2.86. The van der Waals surface area contributed by atoms with Gasteiger partial charge in [0, 0.05) is 18.8 Å². The van der Waals surface area contributed by atoms with E-state index in [-0.39, 0.29) is 6.04 Å². The maximum atomic E-state index is 9.79. The minimum atomic E-state index is 0.189. The molecule has 0 aliphatic carbocycles. The Morgan fingerprint density at radius 1 is 1.10 bits per heavy atom. The number of hydrogen-bond donors (Lipinski definition) is 1. The number of hydrogen-bond acceptors (Lipinski definition) is 6. The largest absolute Gasteiger partial charge is 0.437 e. The summed E-state index contributed by atoms with van der Waals surface area (Å²) in [7, 11) is 0. The van der Waals surface area contributed by atoms with Crippen molar-refractivity contribution in [3.8, 4) is 11.8 Å². The Balaban J connectivity index is 1.67. The molecule has 6 nitrogen and oxygen atoms in total. The maximum absolute atomic E-state index is 9.79. The van der Waals surface area contributed by atoms with Crippen LogP contribution in [0.25, 0.3) is 5.57 Å². The van der Waals surface area contributed by atoms with Gasteiger partial charge in [0.15, 0.2) is 5.75 Å². The number of aromatic nitrogens is 2. The third kappa shape index (κ3) is 3.90. The molecule has 4 rings (SSSR count). The van der Waals surface area contributed by atoms with Gasteiger partial charge in [-0.05, 0) is 37.6 Å². The lowest BCUT2D eigenvalue weighted by Gasteiger charge is -2.27. The van der Waals surface area contributed by atoms with Gasteiger partial charge in [0.2, 0.25) is 11.8 Å². The molecule has 1 aliphatic heterocycles. The van der Waals surface area contributed by atoms with Crippen LogP contribution in [0, 0.1) is 11.3 Å². The molecule has 144 valence electrons. The summed E-state index contributed by atoms with van der Waals surface area (Å²) < 4.78 is 5.83. The monoisotopic (exact) mass is 383 g/mol. The molecule has 6 heteroatoms. The second-order valence-corrected chi connectivity index (χ2v) is 6.99. The van der Waals surface area contributed by atoms with Gasteiger partial charge in [-0.25, -0.2) is 9.97 Å². The fraction of sp³-hybridized carbons (Fsp3) is 0.174. The third-order valence-corrected chi connectivity index (χ3v) is 4.66. The zero-order valence-electron chi connectivity index (χ0n) is 16.3. The van der Waals surface area contributed by atoms with Crippen LogP contribution >= 0.6 is 0 Å². The Kier molecular flexibility index (Phi) is 5.12. The normalized spacial score (nSPS) is 13.9. The van der Waals surface area contributed by atoms with Crippen molar-refractivity contribution in [2.75, 3.05) is 10.2 Å². The molecule has 2 heterocycles. The zero-order chi connectivity index (χ0) is 20.2. The molecule has 1 aliphatic rings. The standard InChI is InChI=1S/C23H21N5O/c1-16(2)28(15-17-8-4-3-5-9-17)23-25-13-12-19(27-23)18(14-24)22-26-20-10-6-7-11-21(20)29-22/h3-13,16,26H,15H2,1-2H3/b22-18-. The first-order valence-corrected chi connectivity index (χ1v) is 9.48. The molecule has 2 aromatic carbocycles. The second kappa shape index (κ2) is 8.03. The minimum absolute atomic E-state index is 0.189. The van der Waals surface area contributed by atoms with Crippen LogP contribution in [-0.4, -0.2) is 16.0 Å². The highest BCUT2D eigenvalue weighted by atomic mass is 16.5. The van der Waals surface area contributed by atoms with Crippen LogP contribution in [0.2, 0.25) is 0 Å². The van der Waals surface area contributed by atoms with Gasteiger partial charge in [0.25, 0.3) is 0 Å². The Morgan fingerprint density at radius 2 is 1.86 bits per heavy atom. The van der Waals surface area contributed by atoms with Gasteiger partial charge in [0.05, 0.1) is 11.4 Å². The number of nitriles is 1. The summed E-state index contributed by atoms with van der Waals surface area (Å²) in [6.07, 6.45) is 1.68. The van der Waals surface area contributed by atoms with Crippen LogP contribution in [0.4, 0.5) is 11.6 Å². The zero-order valence-corrected chi connectivity index (χ0v) is 16.3. The van der Waals surface area contributed by atoms with Gasteiger partial charge in [-0.1, -0.05) is 42.5 Å². The van der Waals surface area contributed by atoms with Crippen molar-refractivity contribution in [3.63, 3.8) is 0 Å². The van der Waals surface area contributed by atoms with E-state index in [0.717, 1.165) is 5.69 Å². The van der Waals surface area contributed by atoms with E-state index in [4.69, 9.17) is 4.74 Å². The van der Waals surface area contributed by atoms with Crippen LogP contribution in [0.1, 0.15) is 25.1 Å². The van der Waals surface area contributed by atoms with Crippen LogP contribution in [0.15, 0.2) is 72.7 Å². The molecule has 29 heavy (non-hydrogen) atoms. The summed E-state index contributed by atoms with van der Waals surface area (Å²) in [4.78, 5) is 11.3. The summed E-state index contributed by atoms with van der Waals surface area (Å²) in [6, 6.07) is 21.9. The quantitative estimate of drug-likeness (QED) is 0.650. The molecule has 0 amide bonds. The molecule has 0 unspecified atom stereocenters. The molecule has 0 atom stereocenters. The summed E-state index contributed by atoms with van der Waals surface area (Å²) in [5.74, 6) is 1.65. The van der Waals surface area contributed by atoms with E-state index in [9.17, 15) is 5.26 Å². The highest BCUT2D eigenvalue weighted by Gasteiger charge is 2.23. The number of ether oxygens (including phenoxy) is 1. The van der Waals surface area contributed by atoms with Crippen LogP contribution in [0.5, 0.6) is 5.75 Å². The predicted molar refractivity (Wildman–Crippen MR) is 113 cm³/mol. The average Bonchev–Trinajstić information content (AvgIpc) is 3.17. The molecule has 0 fully saturated rings. The molecule has 1 N–H and O–H groups in total. The fourth-order valence-electron chi connectivity index (χ4n) is 3.14. The molecular weight excluding hydrogens is 362 g/mol. The predicted octanol–water partition coefficient (Wildman–Crippen LogP) is 4.59. The van der Waals surface area contributed by atoms with Crippen molar-refractivity contribution in [3.05, 3.63) is 84.0 Å². The molecule has 3 aromatic rings. The molecule has 0 saturated carbocycles. The van der Waals surface area contributed by atoms with E-state index in [1.807, 2.05) is 42.5 Å². The van der Waals surface area contributed by atoms with Crippen LogP contribution in [-0.2, 0) is 6.54 Å². The topological polar surface area (TPSA) is 74.1 Å². The first-order valence-electron chi connectivity index (χ1n) is 9.48. The lowest BCUT2D eigenvalue weighted by atomic mass is 10.2. The fourth-order valence-corrected chi connectivity index (χ4v) is 3.14. The van der Waals surface area contributed by atoms with Gasteiger partial charge < -0.3 is 15.0 Å². The smallest absolute Gasteiger partial charge is 0.226 e. The van der Waals surface area contributed by atoms with Gasteiger partial charge in [-0.15, -0.1) is 0 Å². The van der Waals surface area contributed by atoms with Crippen LogP contribution < -0.4 is 15.0 Å². The van der Waals surface area contributed by atoms with Crippen molar-refractivity contribution in [1.29, 1.82) is 5.26 Å². The van der Waals surface area contributed by atoms with E-state index in [2.05, 4.69) is 52.2 Å². The number of nitrogens with one attached hydrogen (secondary N) is 1. The van der Waals surface area contributed by atoms with Gasteiger partial charge in [-0.2, -0.15) is 5.26 Å². The van der Waals surface area contributed by atoms with Crippen molar-refractivity contribution >= 4 is 17.2 Å². The number of anilines is 2. The number of para-hydroxylation sites is 2. The van der Waals surface area contributed by atoms with Gasteiger partial charge in [-0.3, -0.25) is 0 Å². The molecule has 0 spiro atoms.